The number of ether oxygens (including phenoxy) is 1. The number of nitrogens with zero attached hydrogens (tertiary/aromatic N) is 4. The van der Waals surface area contributed by atoms with Crippen LogP contribution in [0.5, 0.6) is 5.75 Å². The summed E-state index contributed by atoms with van der Waals surface area (Å²) in [5, 5.41) is 4.06. The molecule has 0 amide bonds. The van der Waals surface area contributed by atoms with Gasteiger partial charge in [-0.05, 0) is 24.3 Å². The van der Waals surface area contributed by atoms with E-state index in [-0.39, 0.29) is 4.90 Å². The minimum atomic E-state index is -3.45. The molecule has 0 unspecified atom stereocenters. The molecule has 0 spiro atoms. The van der Waals surface area contributed by atoms with Crippen molar-refractivity contribution in [2.24, 2.45) is 0 Å². The zero-order chi connectivity index (χ0) is 15.0. The van der Waals surface area contributed by atoms with Crippen molar-refractivity contribution < 1.29 is 13.2 Å². The first-order chi connectivity index (χ1) is 10.0. The predicted molar refractivity (Wildman–Crippen MR) is 75.9 cm³/mol. The highest BCUT2D eigenvalue weighted by Gasteiger charge is 2.20. The zero-order valence-electron chi connectivity index (χ0n) is 11.4. The van der Waals surface area contributed by atoms with Crippen molar-refractivity contribution in [1.82, 2.24) is 19.6 Å². The maximum absolute atomic E-state index is 12.0. The number of aromatic nitrogens is 4. The second kappa shape index (κ2) is 4.81. The molecule has 0 saturated heterocycles. The fraction of sp³-hybridized carbons (Fsp3) is 0.154. The van der Waals surface area contributed by atoms with E-state index in [1.807, 2.05) is 0 Å². The Hall–Kier alpha value is -2.48. The Morgan fingerprint density at radius 2 is 1.86 bits per heavy atom. The Labute approximate surface area is 121 Å². The van der Waals surface area contributed by atoms with Gasteiger partial charge in [0.2, 0.25) is 0 Å². The topological polar surface area (TPSA) is 86.5 Å². The number of hydrogen-bond donors (Lipinski definition) is 0. The second-order valence-corrected chi connectivity index (χ2v) is 6.43. The fourth-order valence-corrected chi connectivity index (χ4v) is 2.85. The van der Waals surface area contributed by atoms with Gasteiger partial charge >= 0.3 is 0 Å². The highest BCUT2D eigenvalue weighted by atomic mass is 32.2. The van der Waals surface area contributed by atoms with Crippen molar-refractivity contribution in [3.63, 3.8) is 0 Å². The Balaban J connectivity index is 2.34. The molecule has 0 aliphatic rings. The molecule has 3 rings (SSSR count). The Bertz CT molecular complexity index is 901. The summed E-state index contributed by atoms with van der Waals surface area (Å²) in [5.41, 5.74) is 1.12. The van der Waals surface area contributed by atoms with E-state index < -0.39 is 9.84 Å². The average molecular weight is 304 g/mol. The summed E-state index contributed by atoms with van der Waals surface area (Å²) in [4.78, 5) is 8.10. The summed E-state index contributed by atoms with van der Waals surface area (Å²) in [6, 6.07) is 7.04. The van der Waals surface area contributed by atoms with Gasteiger partial charge in [-0.1, -0.05) is 0 Å². The van der Waals surface area contributed by atoms with Crippen LogP contribution in [0.25, 0.3) is 17.0 Å². The molecular formula is C13H12N4O3S. The summed E-state index contributed by atoms with van der Waals surface area (Å²) in [5.74, 6) is 1.02. The number of sulfone groups is 1. The first-order valence-electron chi connectivity index (χ1n) is 6.04. The lowest BCUT2D eigenvalue weighted by molar-refractivity contribution is 0.415. The van der Waals surface area contributed by atoms with Gasteiger partial charge in [0.05, 0.1) is 19.0 Å². The molecule has 0 aliphatic heterocycles. The molecule has 0 N–H and O–H groups in total. The van der Waals surface area contributed by atoms with Crippen molar-refractivity contribution >= 4 is 15.6 Å². The van der Waals surface area contributed by atoms with Gasteiger partial charge < -0.3 is 4.74 Å². The van der Waals surface area contributed by atoms with Gasteiger partial charge in [0, 0.05) is 11.8 Å². The molecule has 8 heteroatoms. The smallest absolute Gasteiger partial charge is 0.252 e. The molecule has 108 valence electrons. The van der Waals surface area contributed by atoms with Crippen LogP contribution in [0, 0.1) is 0 Å². The first-order valence-corrected chi connectivity index (χ1v) is 7.93. The maximum atomic E-state index is 12.0. The molecule has 0 aliphatic carbocycles. The minimum absolute atomic E-state index is 0.102. The number of benzene rings is 1. The van der Waals surface area contributed by atoms with Crippen molar-refractivity contribution in [3.8, 4) is 17.0 Å². The molecule has 0 atom stereocenters. The molecule has 2 aromatic heterocycles. The molecule has 1 aromatic carbocycles. The van der Waals surface area contributed by atoms with Crippen LogP contribution in [0.15, 0.2) is 41.7 Å². The van der Waals surface area contributed by atoms with Gasteiger partial charge in [0.25, 0.3) is 5.78 Å². The molecule has 0 radical (unpaired) electrons. The quantitative estimate of drug-likeness (QED) is 0.722. The monoisotopic (exact) mass is 304 g/mol. The van der Waals surface area contributed by atoms with Gasteiger partial charge in [-0.15, -0.1) is 0 Å². The van der Waals surface area contributed by atoms with Crippen LogP contribution in [0.4, 0.5) is 0 Å². The van der Waals surface area contributed by atoms with Gasteiger partial charge in [0.1, 0.15) is 17.0 Å². The highest BCUT2D eigenvalue weighted by Crippen LogP contribution is 2.28. The third-order valence-corrected chi connectivity index (χ3v) is 4.13. The van der Waals surface area contributed by atoms with Crippen LogP contribution in [0.1, 0.15) is 0 Å². The van der Waals surface area contributed by atoms with Crippen molar-refractivity contribution in [1.29, 1.82) is 0 Å². The number of fused-ring (bicyclic) bond motifs is 1. The Morgan fingerprint density at radius 3 is 2.48 bits per heavy atom. The summed E-state index contributed by atoms with van der Waals surface area (Å²) in [6.07, 6.45) is 3.78. The van der Waals surface area contributed by atoms with Crippen molar-refractivity contribution in [3.05, 3.63) is 36.8 Å². The molecule has 2 heterocycles. The SMILES string of the molecule is COc1ccc(-c2c(S(C)(=O)=O)cnc3ncnn23)cc1. The lowest BCUT2D eigenvalue weighted by atomic mass is 10.1. The van der Waals surface area contributed by atoms with Crippen LogP contribution >= 0.6 is 0 Å². The third-order valence-electron chi connectivity index (χ3n) is 3.04. The number of hydrogen-bond acceptors (Lipinski definition) is 6. The molecule has 21 heavy (non-hydrogen) atoms. The zero-order valence-corrected chi connectivity index (χ0v) is 12.2. The summed E-state index contributed by atoms with van der Waals surface area (Å²) in [6.45, 7) is 0. The van der Waals surface area contributed by atoms with Crippen LogP contribution in [-0.2, 0) is 9.84 Å². The van der Waals surface area contributed by atoms with Gasteiger partial charge in [0.15, 0.2) is 9.84 Å². The standard InChI is InChI=1S/C13H12N4O3S/c1-20-10-5-3-9(4-6-10)12-11(21(2,18)19)7-14-13-15-8-16-17(12)13/h3-8H,1-2H3. The van der Waals surface area contributed by atoms with Crippen LogP contribution in [-0.4, -0.2) is 41.4 Å². The number of methoxy groups -OCH3 is 1. The molecule has 3 aromatic rings. The normalized spacial score (nSPS) is 11.7. The highest BCUT2D eigenvalue weighted by molar-refractivity contribution is 7.90. The molecule has 0 saturated carbocycles. The lowest BCUT2D eigenvalue weighted by Gasteiger charge is -2.10. The molecular weight excluding hydrogens is 292 g/mol. The first kappa shape index (κ1) is 13.5. The van der Waals surface area contributed by atoms with E-state index in [0.29, 0.717) is 22.8 Å². The third kappa shape index (κ3) is 2.33. The van der Waals surface area contributed by atoms with Crippen LogP contribution < -0.4 is 4.74 Å². The lowest BCUT2D eigenvalue weighted by Crippen LogP contribution is -2.07. The fourth-order valence-electron chi connectivity index (χ4n) is 2.05. The van der Waals surface area contributed by atoms with Gasteiger partial charge in [-0.3, -0.25) is 0 Å². The number of rotatable bonds is 3. The van der Waals surface area contributed by atoms with E-state index >= 15 is 0 Å². The molecule has 0 fully saturated rings. The second-order valence-electron chi connectivity index (χ2n) is 4.44. The van der Waals surface area contributed by atoms with E-state index in [4.69, 9.17) is 4.74 Å². The van der Waals surface area contributed by atoms with Crippen LogP contribution in [0.3, 0.4) is 0 Å². The van der Waals surface area contributed by atoms with Gasteiger partial charge in [-0.2, -0.15) is 14.6 Å². The van der Waals surface area contributed by atoms with E-state index in [0.717, 1.165) is 6.26 Å². The van der Waals surface area contributed by atoms with E-state index in [1.54, 1.807) is 31.4 Å². The summed E-state index contributed by atoms with van der Waals surface area (Å²) >= 11 is 0. The van der Waals surface area contributed by atoms with Crippen molar-refractivity contribution in [2.45, 2.75) is 4.90 Å². The largest absolute Gasteiger partial charge is 0.497 e. The van der Waals surface area contributed by atoms with Gasteiger partial charge in [-0.25, -0.2) is 13.4 Å². The molecule has 7 nitrogen and oxygen atoms in total. The van der Waals surface area contributed by atoms with E-state index in [9.17, 15) is 8.42 Å². The average Bonchev–Trinajstić information content (AvgIpc) is 2.94. The summed E-state index contributed by atoms with van der Waals surface area (Å²) < 4.78 is 30.5. The van der Waals surface area contributed by atoms with Crippen LogP contribution in [0.2, 0.25) is 0 Å². The minimum Gasteiger partial charge on any atom is -0.497 e. The van der Waals surface area contributed by atoms with E-state index in [2.05, 4.69) is 15.1 Å². The predicted octanol–water partition coefficient (Wildman–Crippen LogP) is 1.20. The van der Waals surface area contributed by atoms with Crippen molar-refractivity contribution in [2.75, 3.05) is 13.4 Å². The maximum Gasteiger partial charge on any atom is 0.252 e. The van der Waals surface area contributed by atoms with E-state index in [1.165, 1.54) is 17.0 Å². The summed E-state index contributed by atoms with van der Waals surface area (Å²) in [7, 11) is -1.88. The Kier molecular flexibility index (Phi) is 3.09. The Morgan fingerprint density at radius 1 is 1.14 bits per heavy atom. The molecule has 0 bridgehead atoms.